The summed E-state index contributed by atoms with van der Waals surface area (Å²) in [5.41, 5.74) is -0.109. The second-order valence-electron chi connectivity index (χ2n) is 4.31. The van der Waals surface area contributed by atoms with E-state index < -0.39 is 11.7 Å². The highest BCUT2D eigenvalue weighted by atomic mass is 32.2. The van der Waals surface area contributed by atoms with E-state index in [0.717, 1.165) is 24.4 Å². The maximum atomic E-state index is 12.6. The van der Waals surface area contributed by atoms with E-state index in [4.69, 9.17) is 0 Å². The number of hydrogen-bond acceptors (Lipinski definition) is 2. The van der Waals surface area contributed by atoms with Crippen LogP contribution in [0.15, 0.2) is 29.3 Å². The van der Waals surface area contributed by atoms with Crippen LogP contribution in [0.4, 0.5) is 13.2 Å². The molecular weight excluding hydrogens is 299 g/mol. The van der Waals surface area contributed by atoms with E-state index in [9.17, 15) is 13.2 Å². The minimum absolute atomic E-state index is 0.207. The number of alkyl halides is 3. The third kappa shape index (κ3) is 6.75. The van der Waals surface area contributed by atoms with E-state index in [-0.39, 0.29) is 6.54 Å². The molecule has 0 fully saturated rings. The Hall–Kier alpha value is -1.37. The van der Waals surface area contributed by atoms with Gasteiger partial charge in [-0.05, 0) is 30.9 Å². The Morgan fingerprint density at radius 1 is 1.29 bits per heavy atom. The number of guanidine groups is 1. The third-order valence-electron chi connectivity index (χ3n) is 2.62. The molecule has 0 aliphatic rings. The van der Waals surface area contributed by atoms with Crippen LogP contribution in [0.1, 0.15) is 18.1 Å². The van der Waals surface area contributed by atoms with E-state index in [0.29, 0.717) is 18.1 Å². The molecule has 1 aromatic rings. The molecule has 0 spiro atoms. The summed E-state index contributed by atoms with van der Waals surface area (Å²) in [5.74, 6) is 1.55. The van der Waals surface area contributed by atoms with Crippen LogP contribution < -0.4 is 10.6 Å². The second kappa shape index (κ2) is 8.81. The lowest BCUT2D eigenvalue weighted by Crippen LogP contribution is -2.38. The fourth-order valence-corrected chi connectivity index (χ4v) is 1.94. The summed E-state index contributed by atoms with van der Waals surface area (Å²) in [6, 6.07) is 5.25. The molecule has 7 heteroatoms. The van der Waals surface area contributed by atoms with Crippen LogP contribution in [0, 0.1) is 0 Å². The summed E-state index contributed by atoms with van der Waals surface area (Å²) in [6.45, 7) is 3.61. The van der Waals surface area contributed by atoms with Crippen molar-refractivity contribution in [3.8, 4) is 0 Å². The van der Waals surface area contributed by atoms with Gasteiger partial charge in [0.2, 0.25) is 0 Å². The Balaban J connectivity index is 2.71. The standard InChI is InChI=1S/C14H20F3N3S/c1-3-18-13(19-7-8-21-2)20-10-11-5-4-6-12(9-11)14(15,16)17/h4-6,9H,3,7-8,10H2,1-2H3,(H2,18,19,20). The number of thioether (sulfide) groups is 1. The van der Waals surface area contributed by atoms with Crippen molar-refractivity contribution < 1.29 is 13.2 Å². The van der Waals surface area contributed by atoms with Gasteiger partial charge in [-0.2, -0.15) is 24.9 Å². The van der Waals surface area contributed by atoms with Crippen molar-refractivity contribution in [3.05, 3.63) is 35.4 Å². The number of benzene rings is 1. The second-order valence-corrected chi connectivity index (χ2v) is 5.30. The Bertz CT molecular complexity index is 461. The fraction of sp³-hybridized carbons (Fsp3) is 0.500. The molecule has 0 unspecified atom stereocenters. The molecule has 0 saturated heterocycles. The Morgan fingerprint density at radius 3 is 2.67 bits per heavy atom. The van der Waals surface area contributed by atoms with Crippen LogP contribution in [-0.4, -0.2) is 31.1 Å². The van der Waals surface area contributed by atoms with Gasteiger partial charge in [0.15, 0.2) is 5.96 Å². The summed E-state index contributed by atoms with van der Waals surface area (Å²) >= 11 is 1.71. The normalized spacial score (nSPS) is 12.3. The number of nitrogens with zero attached hydrogens (tertiary/aromatic N) is 1. The van der Waals surface area contributed by atoms with Crippen LogP contribution in [0.5, 0.6) is 0 Å². The predicted octanol–water partition coefficient (Wildman–Crippen LogP) is 3.12. The zero-order valence-electron chi connectivity index (χ0n) is 12.1. The van der Waals surface area contributed by atoms with Gasteiger partial charge in [-0.25, -0.2) is 4.99 Å². The average molecular weight is 319 g/mol. The first-order valence-electron chi connectivity index (χ1n) is 6.64. The minimum Gasteiger partial charge on any atom is -0.357 e. The first kappa shape index (κ1) is 17.7. The SMILES string of the molecule is CCNC(=NCc1cccc(C(F)(F)F)c1)NCCSC. The Labute approximate surface area is 127 Å². The molecule has 0 aliphatic heterocycles. The molecular formula is C14H20F3N3S. The molecule has 3 nitrogen and oxygen atoms in total. The van der Waals surface area contributed by atoms with E-state index in [1.165, 1.54) is 6.07 Å². The van der Waals surface area contributed by atoms with Crippen molar-refractivity contribution in [3.63, 3.8) is 0 Å². The van der Waals surface area contributed by atoms with Crippen molar-refractivity contribution in [2.24, 2.45) is 4.99 Å². The summed E-state index contributed by atoms with van der Waals surface area (Å²) in [7, 11) is 0. The maximum absolute atomic E-state index is 12.6. The topological polar surface area (TPSA) is 36.4 Å². The van der Waals surface area contributed by atoms with Crippen molar-refractivity contribution in [2.75, 3.05) is 25.1 Å². The molecule has 0 amide bonds. The van der Waals surface area contributed by atoms with E-state index in [1.807, 2.05) is 13.2 Å². The summed E-state index contributed by atoms with van der Waals surface area (Å²) < 4.78 is 37.9. The molecule has 0 bridgehead atoms. The van der Waals surface area contributed by atoms with Crippen molar-refractivity contribution in [1.82, 2.24) is 10.6 Å². The van der Waals surface area contributed by atoms with Crippen LogP contribution >= 0.6 is 11.8 Å². The third-order valence-corrected chi connectivity index (χ3v) is 3.23. The van der Waals surface area contributed by atoms with Crippen LogP contribution in [0.25, 0.3) is 0 Å². The highest BCUT2D eigenvalue weighted by Gasteiger charge is 2.30. The van der Waals surface area contributed by atoms with Gasteiger partial charge in [0.25, 0.3) is 0 Å². The van der Waals surface area contributed by atoms with Crippen LogP contribution in [0.2, 0.25) is 0 Å². The number of aliphatic imine (C=N–C) groups is 1. The van der Waals surface area contributed by atoms with Gasteiger partial charge in [-0.1, -0.05) is 12.1 Å². The molecule has 1 rings (SSSR count). The summed E-state index contributed by atoms with van der Waals surface area (Å²) in [4.78, 5) is 4.30. The number of halogens is 3. The van der Waals surface area contributed by atoms with Gasteiger partial charge in [0.05, 0.1) is 12.1 Å². The average Bonchev–Trinajstić information content (AvgIpc) is 2.44. The monoisotopic (exact) mass is 319 g/mol. The zero-order chi connectivity index (χ0) is 15.7. The lowest BCUT2D eigenvalue weighted by Gasteiger charge is -2.11. The van der Waals surface area contributed by atoms with Gasteiger partial charge >= 0.3 is 6.18 Å². The first-order chi connectivity index (χ1) is 9.97. The lowest BCUT2D eigenvalue weighted by atomic mass is 10.1. The highest BCUT2D eigenvalue weighted by Crippen LogP contribution is 2.29. The van der Waals surface area contributed by atoms with E-state index >= 15 is 0 Å². The Kier molecular flexibility index (Phi) is 7.42. The molecule has 0 aliphatic carbocycles. The van der Waals surface area contributed by atoms with Gasteiger partial charge in [-0.15, -0.1) is 0 Å². The first-order valence-corrected chi connectivity index (χ1v) is 8.04. The van der Waals surface area contributed by atoms with Crippen molar-refractivity contribution >= 4 is 17.7 Å². The molecule has 0 radical (unpaired) electrons. The molecule has 0 atom stereocenters. The molecule has 0 saturated carbocycles. The summed E-state index contributed by atoms with van der Waals surface area (Å²) in [5, 5.41) is 6.20. The van der Waals surface area contributed by atoms with Crippen LogP contribution in [0.3, 0.4) is 0 Å². The molecule has 0 aromatic heterocycles. The highest BCUT2D eigenvalue weighted by molar-refractivity contribution is 7.98. The molecule has 118 valence electrons. The van der Waals surface area contributed by atoms with Gasteiger partial charge in [-0.3, -0.25) is 0 Å². The van der Waals surface area contributed by atoms with Crippen LogP contribution in [-0.2, 0) is 12.7 Å². The van der Waals surface area contributed by atoms with Gasteiger partial charge < -0.3 is 10.6 Å². The minimum atomic E-state index is -4.32. The molecule has 21 heavy (non-hydrogen) atoms. The lowest BCUT2D eigenvalue weighted by molar-refractivity contribution is -0.137. The quantitative estimate of drug-likeness (QED) is 0.480. The van der Waals surface area contributed by atoms with E-state index in [1.54, 1.807) is 17.8 Å². The predicted molar refractivity (Wildman–Crippen MR) is 82.6 cm³/mol. The van der Waals surface area contributed by atoms with Gasteiger partial charge in [0.1, 0.15) is 0 Å². The van der Waals surface area contributed by atoms with Gasteiger partial charge in [0, 0.05) is 18.8 Å². The number of nitrogens with one attached hydrogen (secondary N) is 2. The largest absolute Gasteiger partial charge is 0.416 e. The van der Waals surface area contributed by atoms with Crippen molar-refractivity contribution in [2.45, 2.75) is 19.6 Å². The zero-order valence-corrected chi connectivity index (χ0v) is 12.9. The molecule has 2 N–H and O–H groups in total. The number of hydrogen-bond donors (Lipinski definition) is 2. The Morgan fingerprint density at radius 2 is 2.05 bits per heavy atom. The van der Waals surface area contributed by atoms with E-state index in [2.05, 4.69) is 15.6 Å². The van der Waals surface area contributed by atoms with Crippen molar-refractivity contribution in [1.29, 1.82) is 0 Å². The maximum Gasteiger partial charge on any atom is 0.416 e. The smallest absolute Gasteiger partial charge is 0.357 e. The number of rotatable bonds is 6. The summed E-state index contributed by atoms with van der Waals surface area (Å²) in [6.07, 6.45) is -2.31. The molecule has 0 heterocycles. The fourth-order valence-electron chi connectivity index (χ4n) is 1.63. The molecule has 1 aromatic carbocycles.